The minimum atomic E-state index is 0.125. The topological polar surface area (TPSA) is 26.0 Å². The molecule has 0 aliphatic carbocycles. The van der Waals surface area contributed by atoms with Crippen LogP contribution in [-0.4, -0.2) is 0 Å². The Balaban J connectivity index is 2.36. The first-order valence-corrected chi connectivity index (χ1v) is 6.34. The molecular weight excluding hydrogens is 206 g/mol. The van der Waals surface area contributed by atoms with Crippen molar-refractivity contribution in [3.05, 3.63) is 48.0 Å². The molecule has 1 heteroatoms. The Bertz CT molecular complexity index is 502. The van der Waals surface area contributed by atoms with Gasteiger partial charge in [-0.1, -0.05) is 57.2 Å². The Morgan fingerprint density at radius 1 is 0.882 bits per heavy atom. The summed E-state index contributed by atoms with van der Waals surface area (Å²) in [4.78, 5) is 0. The monoisotopic (exact) mass is 227 g/mol. The number of nitrogens with two attached hydrogens (primary N) is 1. The summed E-state index contributed by atoms with van der Waals surface area (Å²) in [7, 11) is 0. The Hall–Kier alpha value is -1.34. The first kappa shape index (κ1) is 12.1. The van der Waals surface area contributed by atoms with Gasteiger partial charge in [0.1, 0.15) is 0 Å². The van der Waals surface area contributed by atoms with Crippen LogP contribution in [0.1, 0.15) is 32.4 Å². The highest BCUT2D eigenvalue weighted by molar-refractivity contribution is 5.83. The summed E-state index contributed by atoms with van der Waals surface area (Å²) in [5, 5.41) is 2.55. The zero-order chi connectivity index (χ0) is 12.4. The number of hydrogen-bond donors (Lipinski definition) is 1. The van der Waals surface area contributed by atoms with E-state index in [2.05, 4.69) is 63.2 Å². The molecular formula is C16H21N. The van der Waals surface area contributed by atoms with Gasteiger partial charge >= 0.3 is 0 Å². The molecule has 2 rings (SSSR count). The third kappa shape index (κ3) is 2.50. The predicted octanol–water partition coefficient (Wildman–Crippen LogP) is 4.13. The standard InChI is InChI=1S/C16H21N/c1-11(2)12(3)16(17)15-9-8-13-6-4-5-7-14(13)10-15/h4-12,16H,17H2,1-3H3. The summed E-state index contributed by atoms with van der Waals surface area (Å²) in [6.45, 7) is 6.68. The maximum atomic E-state index is 6.33. The van der Waals surface area contributed by atoms with Crippen molar-refractivity contribution < 1.29 is 0 Å². The lowest BCUT2D eigenvalue weighted by Crippen LogP contribution is -2.22. The molecule has 0 fully saturated rings. The molecule has 90 valence electrons. The van der Waals surface area contributed by atoms with E-state index < -0.39 is 0 Å². The fourth-order valence-electron chi connectivity index (χ4n) is 2.13. The molecule has 0 spiro atoms. The third-order valence-electron chi connectivity index (χ3n) is 3.78. The molecule has 1 nitrogen and oxygen atoms in total. The van der Waals surface area contributed by atoms with Gasteiger partial charge in [0.2, 0.25) is 0 Å². The Morgan fingerprint density at radius 3 is 2.18 bits per heavy atom. The molecule has 0 heterocycles. The van der Waals surface area contributed by atoms with Crippen LogP contribution in [0, 0.1) is 11.8 Å². The van der Waals surface area contributed by atoms with Crippen molar-refractivity contribution in [2.24, 2.45) is 17.6 Å². The normalized spacial score (nSPS) is 15.1. The maximum absolute atomic E-state index is 6.33. The molecule has 2 atom stereocenters. The van der Waals surface area contributed by atoms with Gasteiger partial charge in [0.05, 0.1) is 0 Å². The lowest BCUT2D eigenvalue weighted by atomic mass is 9.86. The Kier molecular flexibility index (Phi) is 3.49. The summed E-state index contributed by atoms with van der Waals surface area (Å²) in [6, 6.07) is 15.1. The Labute approximate surface area is 104 Å². The molecule has 0 amide bonds. The van der Waals surface area contributed by atoms with Crippen LogP contribution in [-0.2, 0) is 0 Å². The van der Waals surface area contributed by atoms with Crippen molar-refractivity contribution in [3.8, 4) is 0 Å². The molecule has 2 unspecified atom stereocenters. The molecule has 0 saturated carbocycles. The minimum absolute atomic E-state index is 0.125. The van der Waals surface area contributed by atoms with Crippen LogP contribution in [0.2, 0.25) is 0 Å². The average Bonchev–Trinajstić information content (AvgIpc) is 2.36. The van der Waals surface area contributed by atoms with E-state index in [1.165, 1.54) is 16.3 Å². The first-order chi connectivity index (χ1) is 8.09. The second-order valence-electron chi connectivity index (χ2n) is 5.24. The molecule has 0 aliphatic heterocycles. The predicted molar refractivity (Wildman–Crippen MR) is 74.9 cm³/mol. The van der Waals surface area contributed by atoms with Crippen LogP contribution >= 0.6 is 0 Å². The van der Waals surface area contributed by atoms with Crippen molar-refractivity contribution in [3.63, 3.8) is 0 Å². The van der Waals surface area contributed by atoms with Crippen molar-refractivity contribution in [2.75, 3.05) is 0 Å². The molecule has 2 aromatic carbocycles. The minimum Gasteiger partial charge on any atom is -0.324 e. The van der Waals surface area contributed by atoms with E-state index in [0.29, 0.717) is 11.8 Å². The zero-order valence-electron chi connectivity index (χ0n) is 10.9. The summed E-state index contributed by atoms with van der Waals surface area (Å²) < 4.78 is 0. The fourth-order valence-corrected chi connectivity index (χ4v) is 2.13. The number of hydrogen-bond acceptors (Lipinski definition) is 1. The van der Waals surface area contributed by atoms with E-state index in [-0.39, 0.29) is 6.04 Å². The van der Waals surface area contributed by atoms with Crippen molar-refractivity contribution in [2.45, 2.75) is 26.8 Å². The van der Waals surface area contributed by atoms with E-state index >= 15 is 0 Å². The number of fused-ring (bicyclic) bond motifs is 1. The second-order valence-corrected chi connectivity index (χ2v) is 5.24. The smallest absolute Gasteiger partial charge is 0.0323 e. The van der Waals surface area contributed by atoms with Crippen LogP contribution in [0.25, 0.3) is 10.8 Å². The zero-order valence-corrected chi connectivity index (χ0v) is 10.9. The number of rotatable bonds is 3. The first-order valence-electron chi connectivity index (χ1n) is 6.34. The summed E-state index contributed by atoms with van der Waals surface area (Å²) in [5.41, 5.74) is 7.57. The highest BCUT2D eigenvalue weighted by Gasteiger charge is 2.17. The van der Waals surface area contributed by atoms with Crippen molar-refractivity contribution in [1.82, 2.24) is 0 Å². The van der Waals surface area contributed by atoms with Gasteiger partial charge in [0, 0.05) is 6.04 Å². The van der Waals surface area contributed by atoms with Gasteiger partial charge in [0.25, 0.3) is 0 Å². The van der Waals surface area contributed by atoms with E-state index in [0.717, 1.165) is 0 Å². The second kappa shape index (κ2) is 4.89. The SMILES string of the molecule is CC(C)C(C)C(N)c1ccc2ccccc2c1. The van der Waals surface area contributed by atoms with Crippen molar-refractivity contribution in [1.29, 1.82) is 0 Å². The fraction of sp³-hybridized carbons (Fsp3) is 0.375. The Morgan fingerprint density at radius 2 is 1.53 bits per heavy atom. The summed E-state index contributed by atoms with van der Waals surface area (Å²) in [5.74, 6) is 1.10. The van der Waals surface area contributed by atoms with Crippen molar-refractivity contribution >= 4 is 10.8 Å². The average molecular weight is 227 g/mol. The van der Waals surface area contributed by atoms with Gasteiger partial charge in [-0.05, 0) is 34.2 Å². The van der Waals surface area contributed by atoms with Gasteiger partial charge in [-0.3, -0.25) is 0 Å². The van der Waals surface area contributed by atoms with Crippen LogP contribution in [0.15, 0.2) is 42.5 Å². The molecule has 0 aromatic heterocycles. The van der Waals surface area contributed by atoms with E-state index in [1.54, 1.807) is 0 Å². The molecule has 17 heavy (non-hydrogen) atoms. The van der Waals surface area contributed by atoms with Crippen LogP contribution in [0.3, 0.4) is 0 Å². The maximum Gasteiger partial charge on any atom is 0.0323 e. The summed E-state index contributed by atoms with van der Waals surface area (Å²) >= 11 is 0. The van der Waals surface area contributed by atoms with Crippen LogP contribution in [0.4, 0.5) is 0 Å². The molecule has 2 N–H and O–H groups in total. The van der Waals surface area contributed by atoms with Gasteiger partial charge in [-0.2, -0.15) is 0 Å². The lowest BCUT2D eigenvalue weighted by molar-refractivity contribution is 0.352. The highest BCUT2D eigenvalue weighted by atomic mass is 14.6. The molecule has 0 radical (unpaired) electrons. The molecule has 0 aliphatic rings. The van der Waals surface area contributed by atoms with E-state index in [1.807, 2.05) is 0 Å². The lowest BCUT2D eigenvalue weighted by Gasteiger charge is -2.24. The van der Waals surface area contributed by atoms with Gasteiger partial charge in [-0.25, -0.2) is 0 Å². The van der Waals surface area contributed by atoms with Gasteiger partial charge < -0.3 is 5.73 Å². The quantitative estimate of drug-likeness (QED) is 0.838. The largest absolute Gasteiger partial charge is 0.324 e. The van der Waals surface area contributed by atoms with E-state index in [9.17, 15) is 0 Å². The van der Waals surface area contributed by atoms with E-state index in [4.69, 9.17) is 5.73 Å². The van der Waals surface area contributed by atoms with Gasteiger partial charge in [-0.15, -0.1) is 0 Å². The molecule has 0 saturated heterocycles. The van der Waals surface area contributed by atoms with Crippen LogP contribution < -0.4 is 5.73 Å². The molecule has 0 bridgehead atoms. The highest BCUT2D eigenvalue weighted by Crippen LogP contribution is 2.27. The third-order valence-corrected chi connectivity index (χ3v) is 3.78. The number of benzene rings is 2. The van der Waals surface area contributed by atoms with Gasteiger partial charge in [0.15, 0.2) is 0 Å². The van der Waals surface area contributed by atoms with Crippen LogP contribution in [0.5, 0.6) is 0 Å². The summed E-state index contributed by atoms with van der Waals surface area (Å²) in [6.07, 6.45) is 0. The molecule has 2 aromatic rings.